The number of fused-ring (bicyclic) bond motifs is 2. The quantitative estimate of drug-likeness (QED) is 0.482. The van der Waals surface area contributed by atoms with Crippen molar-refractivity contribution >= 4 is 52.5 Å². The van der Waals surface area contributed by atoms with Crippen LogP contribution >= 0.6 is 34.7 Å². The molecule has 5 rings (SSSR count). The van der Waals surface area contributed by atoms with E-state index in [-0.39, 0.29) is 11.5 Å². The van der Waals surface area contributed by atoms with Crippen molar-refractivity contribution in [3.63, 3.8) is 0 Å². The zero-order valence-electron chi connectivity index (χ0n) is 17.4. The monoisotopic (exact) mass is 516 g/mol. The molecule has 0 radical (unpaired) electrons. The van der Waals surface area contributed by atoms with Gasteiger partial charge in [0.25, 0.3) is 0 Å². The van der Waals surface area contributed by atoms with Crippen molar-refractivity contribution in [2.75, 3.05) is 6.54 Å². The molecule has 0 bridgehead atoms. The molecule has 2 N–H and O–H groups in total. The second-order valence-electron chi connectivity index (χ2n) is 7.86. The third kappa shape index (κ3) is 4.02. The first-order chi connectivity index (χ1) is 16.3. The van der Waals surface area contributed by atoms with E-state index in [9.17, 15) is 24.3 Å². The van der Waals surface area contributed by atoms with Gasteiger partial charge in [0.05, 0.1) is 10.9 Å². The van der Waals surface area contributed by atoms with Crippen LogP contribution in [0.1, 0.15) is 21.9 Å². The predicted molar refractivity (Wildman–Crippen MR) is 126 cm³/mol. The molecule has 2 amide bonds. The number of likely N-dealkylation sites (tertiary alicyclic amines) is 1. The summed E-state index contributed by atoms with van der Waals surface area (Å²) in [4.78, 5) is 53.7. The molecule has 3 aromatic rings. The summed E-state index contributed by atoms with van der Waals surface area (Å²) >= 11 is 8.04. The number of nitrogens with one attached hydrogen (secondary N) is 1. The molecule has 0 saturated carbocycles. The van der Waals surface area contributed by atoms with Crippen LogP contribution in [-0.4, -0.2) is 44.6 Å². The van der Waals surface area contributed by atoms with E-state index in [4.69, 9.17) is 16.3 Å². The highest BCUT2D eigenvalue weighted by molar-refractivity contribution is 8.00. The molecule has 1 fully saturated rings. The molecule has 1 aromatic heterocycles. The van der Waals surface area contributed by atoms with E-state index in [1.807, 2.05) is 12.1 Å². The normalized spacial score (nSPS) is 21.3. The molecule has 0 aliphatic carbocycles. The van der Waals surface area contributed by atoms with Gasteiger partial charge in [0.1, 0.15) is 24.2 Å². The Morgan fingerprint density at radius 3 is 2.56 bits per heavy atom. The average Bonchev–Trinajstić information content (AvgIpc) is 3.29. The summed E-state index contributed by atoms with van der Waals surface area (Å²) < 4.78 is 6.10. The number of thioether (sulfide) groups is 1. The molecule has 2 unspecified atom stereocenters. The van der Waals surface area contributed by atoms with E-state index < -0.39 is 41.4 Å². The lowest BCUT2D eigenvalue weighted by molar-refractivity contribution is -0.149. The lowest BCUT2D eigenvalue weighted by atomic mass is 9.82. The van der Waals surface area contributed by atoms with Gasteiger partial charge in [-0.3, -0.25) is 24.1 Å². The van der Waals surface area contributed by atoms with E-state index in [1.165, 1.54) is 0 Å². The number of rotatable bonds is 6. The lowest BCUT2D eigenvalue weighted by Gasteiger charge is -2.30. The fourth-order valence-corrected chi connectivity index (χ4v) is 6.96. The van der Waals surface area contributed by atoms with Gasteiger partial charge in [0.2, 0.25) is 11.8 Å². The number of hydrogen-bond acceptors (Lipinski definition) is 7. The van der Waals surface area contributed by atoms with Crippen molar-refractivity contribution in [2.45, 2.75) is 22.8 Å². The molecule has 1 saturated heterocycles. The SMILES string of the molecule is O=C(O)CN1C(=O)C2Sc3[nH]c(=O)sc3[C@@H](c3ccccc3OCc3ccc(Cl)cc3)C2C1=O. The zero-order chi connectivity index (χ0) is 24.0. The maximum atomic E-state index is 13.3. The van der Waals surface area contributed by atoms with Gasteiger partial charge >= 0.3 is 10.8 Å². The first kappa shape index (κ1) is 22.7. The highest BCUT2D eigenvalue weighted by Crippen LogP contribution is 2.53. The van der Waals surface area contributed by atoms with Gasteiger partial charge in [-0.15, -0.1) is 0 Å². The Hall–Kier alpha value is -3.08. The standard InChI is InChI=1S/C23H17ClN2O6S2/c24-12-7-5-11(6-8-12)10-32-14-4-2-1-3-13(14)16-17-19(33-20-18(16)34-23(31)25-20)22(30)26(21(17)29)9-15(27)28/h1-8,16-17,19H,9-10H2,(H,25,31)(H,27,28)/t16-,17?,19?/m0/s1. The number of ether oxygens (including phenoxy) is 1. The molecular formula is C23H17ClN2O6S2. The number of para-hydroxylation sites is 1. The number of aromatic nitrogens is 1. The van der Waals surface area contributed by atoms with Crippen LogP contribution in [0.25, 0.3) is 0 Å². The second-order valence-corrected chi connectivity index (χ2v) is 10.5. The molecule has 0 spiro atoms. The number of nitrogens with zero attached hydrogens (tertiary/aromatic N) is 1. The van der Waals surface area contributed by atoms with Crippen LogP contribution in [0, 0.1) is 5.92 Å². The number of amides is 2. The summed E-state index contributed by atoms with van der Waals surface area (Å²) in [6.45, 7) is -0.450. The van der Waals surface area contributed by atoms with E-state index >= 15 is 0 Å². The first-order valence-corrected chi connectivity index (χ1v) is 12.3. The van der Waals surface area contributed by atoms with Crippen LogP contribution < -0.4 is 9.61 Å². The summed E-state index contributed by atoms with van der Waals surface area (Å²) in [6.07, 6.45) is 0. The Labute approximate surface area is 206 Å². The minimum absolute atomic E-state index is 0.248. The van der Waals surface area contributed by atoms with E-state index in [2.05, 4.69) is 4.98 Å². The Bertz CT molecular complexity index is 1350. The van der Waals surface area contributed by atoms with Crippen molar-refractivity contribution in [2.24, 2.45) is 5.92 Å². The van der Waals surface area contributed by atoms with Crippen molar-refractivity contribution in [3.8, 4) is 5.75 Å². The number of imide groups is 1. The van der Waals surface area contributed by atoms with Gasteiger partial charge in [-0.25, -0.2) is 0 Å². The average molecular weight is 517 g/mol. The summed E-state index contributed by atoms with van der Waals surface area (Å²) in [5.74, 6) is -3.37. The number of halogens is 1. The van der Waals surface area contributed by atoms with Gasteiger partial charge in [-0.1, -0.05) is 65.0 Å². The highest BCUT2D eigenvalue weighted by Gasteiger charge is 2.56. The number of benzene rings is 2. The van der Waals surface area contributed by atoms with E-state index in [0.29, 0.717) is 26.2 Å². The van der Waals surface area contributed by atoms with Crippen LogP contribution in [0.2, 0.25) is 5.02 Å². The van der Waals surface area contributed by atoms with Gasteiger partial charge in [-0.05, 0) is 23.8 Å². The van der Waals surface area contributed by atoms with Crippen molar-refractivity contribution < 1.29 is 24.2 Å². The second kappa shape index (κ2) is 8.94. The van der Waals surface area contributed by atoms with Crippen LogP contribution in [-0.2, 0) is 21.0 Å². The van der Waals surface area contributed by atoms with Crippen LogP contribution in [0.4, 0.5) is 0 Å². The topological polar surface area (TPSA) is 117 Å². The van der Waals surface area contributed by atoms with Crippen molar-refractivity contribution in [3.05, 3.63) is 79.2 Å². The number of hydrogen-bond donors (Lipinski definition) is 2. The Balaban J connectivity index is 1.55. The maximum absolute atomic E-state index is 13.3. The molecule has 2 aliphatic rings. The van der Waals surface area contributed by atoms with Crippen LogP contribution in [0.5, 0.6) is 5.75 Å². The largest absolute Gasteiger partial charge is 0.489 e. The number of carbonyl (C=O) groups excluding carboxylic acids is 2. The molecule has 2 aliphatic heterocycles. The Kier molecular flexibility index (Phi) is 5.97. The number of H-pyrrole nitrogens is 1. The number of carboxylic acid groups (broad SMARTS) is 1. The third-order valence-electron chi connectivity index (χ3n) is 5.77. The molecule has 2 aromatic carbocycles. The highest BCUT2D eigenvalue weighted by atomic mass is 35.5. The summed E-state index contributed by atoms with van der Waals surface area (Å²) in [5, 5.41) is 9.51. The number of aromatic amines is 1. The molecular weight excluding hydrogens is 500 g/mol. The smallest absolute Gasteiger partial charge is 0.323 e. The third-order valence-corrected chi connectivity index (χ3v) is 8.42. The Morgan fingerprint density at radius 2 is 1.82 bits per heavy atom. The lowest BCUT2D eigenvalue weighted by Crippen LogP contribution is -2.36. The summed E-state index contributed by atoms with van der Waals surface area (Å²) in [5.41, 5.74) is 1.55. The molecule has 174 valence electrons. The molecule has 3 atom stereocenters. The maximum Gasteiger partial charge on any atom is 0.323 e. The number of thiazole rings is 1. The van der Waals surface area contributed by atoms with E-state index in [1.54, 1.807) is 36.4 Å². The zero-order valence-corrected chi connectivity index (χ0v) is 19.8. The van der Waals surface area contributed by atoms with Crippen LogP contribution in [0.3, 0.4) is 0 Å². The minimum atomic E-state index is -1.27. The minimum Gasteiger partial charge on any atom is -0.489 e. The van der Waals surface area contributed by atoms with Crippen LogP contribution in [0.15, 0.2) is 58.4 Å². The van der Waals surface area contributed by atoms with Gasteiger partial charge in [0.15, 0.2) is 0 Å². The van der Waals surface area contributed by atoms with E-state index in [0.717, 1.165) is 33.6 Å². The number of carboxylic acids is 1. The molecule has 11 heteroatoms. The number of carbonyl (C=O) groups is 3. The fourth-order valence-electron chi connectivity index (χ4n) is 4.31. The summed E-state index contributed by atoms with van der Waals surface area (Å²) in [7, 11) is 0. The van der Waals surface area contributed by atoms with Crippen molar-refractivity contribution in [1.82, 2.24) is 9.88 Å². The van der Waals surface area contributed by atoms with Gasteiger partial charge in [0, 0.05) is 21.4 Å². The first-order valence-electron chi connectivity index (χ1n) is 10.3. The fraction of sp³-hybridized carbons (Fsp3) is 0.217. The Morgan fingerprint density at radius 1 is 1.09 bits per heavy atom. The number of aliphatic carboxylic acids is 1. The van der Waals surface area contributed by atoms with Gasteiger partial charge in [-0.2, -0.15) is 0 Å². The molecule has 34 heavy (non-hydrogen) atoms. The van der Waals surface area contributed by atoms with Crippen molar-refractivity contribution in [1.29, 1.82) is 0 Å². The predicted octanol–water partition coefficient (Wildman–Crippen LogP) is 3.34. The molecule has 3 heterocycles. The molecule has 8 nitrogen and oxygen atoms in total. The summed E-state index contributed by atoms with van der Waals surface area (Å²) in [6, 6.07) is 14.4. The van der Waals surface area contributed by atoms with Gasteiger partial charge < -0.3 is 14.8 Å².